The van der Waals surface area contributed by atoms with Crippen molar-refractivity contribution in [2.24, 2.45) is 29.4 Å². The number of carbonyl (C=O) groups excluding carboxylic acids is 1. The summed E-state index contributed by atoms with van der Waals surface area (Å²) in [5.74, 6) is 2.68. The average molecular weight is 250 g/mol. The Morgan fingerprint density at radius 1 is 1.17 bits per heavy atom. The van der Waals surface area contributed by atoms with Crippen molar-refractivity contribution in [1.29, 1.82) is 0 Å². The molecule has 0 spiro atoms. The molecule has 2 bridgehead atoms. The molecule has 3 fully saturated rings. The molecule has 2 N–H and O–H groups in total. The van der Waals surface area contributed by atoms with E-state index in [1.54, 1.807) is 0 Å². The molecule has 0 aromatic heterocycles. The minimum Gasteiger partial charge on any atom is -0.345 e. The number of nitrogens with zero attached hydrogens (tertiary/aromatic N) is 1. The van der Waals surface area contributed by atoms with Crippen molar-refractivity contribution in [2.75, 3.05) is 13.6 Å². The molecule has 0 aliphatic heterocycles. The second-order valence-electron chi connectivity index (χ2n) is 6.86. The standard InChI is InChI=1S/C15H26N2O/c1-17(9-10-5-6-10)15(18)13-7-11-3-2-4-12(8-13)14(11)16/h10-14H,2-9,16H2,1H3. The van der Waals surface area contributed by atoms with E-state index in [0.29, 0.717) is 23.8 Å². The molecule has 0 aromatic rings. The van der Waals surface area contributed by atoms with Crippen LogP contribution in [0.25, 0.3) is 0 Å². The molecule has 3 aliphatic carbocycles. The molecule has 102 valence electrons. The maximum Gasteiger partial charge on any atom is 0.225 e. The molecule has 3 saturated carbocycles. The van der Waals surface area contributed by atoms with Gasteiger partial charge in [-0.25, -0.2) is 0 Å². The van der Waals surface area contributed by atoms with E-state index in [1.165, 1.54) is 32.1 Å². The summed E-state index contributed by atoms with van der Waals surface area (Å²) in [6, 6.07) is 0.372. The van der Waals surface area contributed by atoms with Crippen LogP contribution in [-0.4, -0.2) is 30.4 Å². The first-order valence-corrected chi connectivity index (χ1v) is 7.65. The predicted octanol–water partition coefficient (Wildman–Crippen LogP) is 2.01. The molecular weight excluding hydrogens is 224 g/mol. The van der Waals surface area contributed by atoms with Gasteiger partial charge in [0.2, 0.25) is 5.91 Å². The molecular formula is C15H26N2O. The Labute approximate surface area is 110 Å². The third-order valence-electron chi connectivity index (χ3n) is 5.37. The Hall–Kier alpha value is -0.570. The lowest BCUT2D eigenvalue weighted by molar-refractivity contribution is -0.137. The van der Waals surface area contributed by atoms with Crippen LogP contribution in [0.3, 0.4) is 0 Å². The average Bonchev–Trinajstić information content (AvgIpc) is 3.11. The number of nitrogens with two attached hydrogens (primary N) is 1. The Morgan fingerprint density at radius 3 is 2.33 bits per heavy atom. The van der Waals surface area contributed by atoms with Gasteiger partial charge < -0.3 is 10.6 Å². The van der Waals surface area contributed by atoms with E-state index in [-0.39, 0.29) is 5.92 Å². The predicted molar refractivity (Wildman–Crippen MR) is 71.9 cm³/mol. The van der Waals surface area contributed by atoms with Crippen molar-refractivity contribution in [2.45, 2.75) is 51.0 Å². The SMILES string of the molecule is CN(CC1CC1)C(=O)C1CC2CCCC(C1)C2N. The fourth-order valence-corrected chi connectivity index (χ4v) is 4.08. The highest BCUT2D eigenvalue weighted by atomic mass is 16.2. The van der Waals surface area contributed by atoms with E-state index in [2.05, 4.69) is 0 Å². The Bertz CT molecular complexity index is 312. The van der Waals surface area contributed by atoms with Crippen LogP contribution in [0.2, 0.25) is 0 Å². The molecule has 18 heavy (non-hydrogen) atoms. The summed E-state index contributed by atoms with van der Waals surface area (Å²) < 4.78 is 0. The van der Waals surface area contributed by atoms with E-state index in [9.17, 15) is 4.79 Å². The molecule has 3 rings (SSSR count). The molecule has 3 aliphatic rings. The number of hydrogen-bond acceptors (Lipinski definition) is 2. The van der Waals surface area contributed by atoms with Crippen molar-refractivity contribution in [3.05, 3.63) is 0 Å². The maximum atomic E-state index is 12.5. The quantitative estimate of drug-likeness (QED) is 0.833. The molecule has 0 radical (unpaired) electrons. The number of rotatable bonds is 3. The van der Waals surface area contributed by atoms with Crippen LogP contribution in [0.15, 0.2) is 0 Å². The van der Waals surface area contributed by atoms with E-state index >= 15 is 0 Å². The lowest BCUT2D eigenvalue weighted by Crippen LogP contribution is -2.49. The highest BCUT2D eigenvalue weighted by Gasteiger charge is 2.41. The molecule has 0 saturated heterocycles. The van der Waals surface area contributed by atoms with E-state index < -0.39 is 0 Å². The Morgan fingerprint density at radius 2 is 1.78 bits per heavy atom. The zero-order valence-corrected chi connectivity index (χ0v) is 11.5. The second kappa shape index (κ2) is 4.84. The summed E-state index contributed by atoms with van der Waals surface area (Å²) in [5.41, 5.74) is 6.29. The topological polar surface area (TPSA) is 46.3 Å². The van der Waals surface area contributed by atoms with Crippen molar-refractivity contribution >= 4 is 5.91 Å². The lowest BCUT2D eigenvalue weighted by atomic mass is 9.65. The van der Waals surface area contributed by atoms with Gasteiger partial charge in [0.05, 0.1) is 0 Å². The molecule has 0 heterocycles. The van der Waals surface area contributed by atoms with Gasteiger partial charge in [-0.2, -0.15) is 0 Å². The van der Waals surface area contributed by atoms with E-state index in [1.807, 2.05) is 11.9 Å². The van der Waals surface area contributed by atoms with Gasteiger partial charge in [-0.05, 0) is 56.3 Å². The van der Waals surface area contributed by atoms with Gasteiger partial charge >= 0.3 is 0 Å². The Balaban J connectivity index is 1.60. The normalized spacial score (nSPS) is 39.4. The third kappa shape index (κ3) is 2.42. The zero-order valence-electron chi connectivity index (χ0n) is 11.5. The van der Waals surface area contributed by atoms with E-state index in [0.717, 1.165) is 25.3 Å². The number of fused-ring (bicyclic) bond motifs is 2. The van der Waals surface area contributed by atoms with Gasteiger partial charge in [0.1, 0.15) is 0 Å². The second-order valence-corrected chi connectivity index (χ2v) is 6.86. The molecule has 2 unspecified atom stereocenters. The van der Waals surface area contributed by atoms with Crippen molar-refractivity contribution in [1.82, 2.24) is 4.90 Å². The first-order chi connectivity index (χ1) is 8.65. The van der Waals surface area contributed by atoms with Gasteiger partial charge in [-0.3, -0.25) is 4.79 Å². The van der Waals surface area contributed by atoms with E-state index in [4.69, 9.17) is 5.73 Å². The molecule has 3 heteroatoms. The van der Waals surface area contributed by atoms with Crippen LogP contribution in [0.5, 0.6) is 0 Å². The van der Waals surface area contributed by atoms with Crippen LogP contribution in [0, 0.1) is 23.7 Å². The van der Waals surface area contributed by atoms with Crippen LogP contribution >= 0.6 is 0 Å². The van der Waals surface area contributed by atoms with Gasteiger partial charge in [0.15, 0.2) is 0 Å². The third-order valence-corrected chi connectivity index (χ3v) is 5.37. The van der Waals surface area contributed by atoms with Crippen LogP contribution in [0.4, 0.5) is 0 Å². The minimum atomic E-state index is 0.267. The van der Waals surface area contributed by atoms with Gasteiger partial charge in [-0.15, -0.1) is 0 Å². The summed E-state index contributed by atoms with van der Waals surface area (Å²) in [4.78, 5) is 14.5. The summed E-state index contributed by atoms with van der Waals surface area (Å²) in [6.07, 6.45) is 8.54. The maximum absolute atomic E-state index is 12.5. The largest absolute Gasteiger partial charge is 0.345 e. The Kier molecular flexibility index (Phi) is 3.35. The highest BCUT2D eigenvalue weighted by molar-refractivity contribution is 5.78. The monoisotopic (exact) mass is 250 g/mol. The van der Waals surface area contributed by atoms with Crippen LogP contribution in [0.1, 0.15) is 44.9 Å². The number of hydrogen-bond donors (Lipinski definition) is 1. The lowest BCUT2D eigenvalue weighted by Gasteiger charge is -2.44. The molecule has 2 atom stereocenters. The summed E-state index contributed by atoms with van der Waals surface area (Å²) >= 11 is 0. The van der Waals surface area contributed by atoms with Crippen LogP contribution in [-0.2, 0) is 4.79 Å². The van der Waals surface area contributed by atoms with Gasteiger partial charge in [0, 0.05) is 25.6 Å². The van der Waals surface area contributed by atoms with Crippen molar-refractivity contribution in [3.63, 3.8) is 0 Å². The number of amides is 1. The fourth-order valence-electron chi connectivity index (χ4n) is 4.08. The molecule has 1 amide bonds. The highest BCUT2D eigenvalue weighted by Crippen LogP contribution is 2.42. The van der Waals surface area contributed by atoms with Crippen LogP contribution < -0.4 is 5.73 Å². The van der Waals surface area contributed by atoms with Gasteiger partial charge in [-0.1, -0.05) is 6.42 Å². The van der Waals surface area contributed by atoms with Gasteiger partial charge in [0.25, 0.3) is 0 Å². The smallest absolute Gasteiger partial charge is 0.225 e. The van der Waals surface area contributed by atoms with Crippen molar-refractivity contribution < 1.29 is 4.79 Å². The molecule has 3 nitrogen and oxygen atoms in total. The molecule has 0 aromatic carbocycles. The summed E-state index contributed by atoms with van der Waals surface area (Å²) in [5, 5.41) is 0. The first-order valence-electron chi connectivity index (χ1n) is 7.65. The summed E-state index contributed by atoms with van der Waals surface area (Å²) in [7, 11) is 1.99. The van der Waals surface area contributed by atoms with Crippen molar-refractivity contribution in [3.8, 4) is 0 Å². The minimum absolute atomic E-state index is 0.267. The summed E-state index contributed by atoms with van der Waals surface area (Å²) in [6.45, 7) is 0.983. The zero-order chi connectivity index (χ0) is 12.7. The number of carbonyl (C=O) groups is 1. The first kappa shape index (κ1) is 12.5. The fraction of sp³-hybridized carbons (Fsp3) is 0.933.